The second kappa shape index (κ2) is 6.27. The quantitative estimate of drug-likeness (QED) is 0.716. The number of thioether (sulfide) groups is 1. The average molecular weight is 270 g/mol. The predicted octanol–water partition coefficient (Wildman–Crippen LogP) is 1.02. The van der Waals surface area contributed by atoms with E-state index in [9.17, 15) is 14.7 Å². The molecule has 5 heteroatoms. The molecule has 1 amide bonds. The maximum Gasteiger partial charge on any atom is 0.247 e. The Kier molecular flexibility index (Phi) is 5.26. The van der Waals surface area contributed by atoms with Crippen LogP contribution in [-0.4, -0.2) is 33.9 Å². The van der Waals surface area contributed by atoms with E-state index in [1.807, 2.05) is 13.8 Å². The molecule has 0 bridgehead atoms. The normalized spacial score (nSPS) is 23.3. The summed E-state index contributed by atoms with van der Waals surface area (Å²) in [6.07, 6.45) is 2.30. The molecule has 0 saturated carbocycles. The molecule has 2 atom stereocenters. The lowest BCUT2D eigenvalue weighted by Crippen LogP contribution is -2.50. The molecule has 1 rings (SSSR count). The number of hydrogen-bond donors (Lipinski definition) is 0. The molecule has 0 N–H and O–H groups in total. The number of carboxylic acid groups (broad SMARTS) is 1. The van der Waals surface area contributed by atoms with Gasteiger partial charge in [-0.05, 0) is 26.2 Å². The maximum atomic E-state index is 12.1. The highest BCUT2D eigenvalue weighted by Gasteiger charge is 2.37. The third-order valence-electron chi connectivity index (χ3n) is 2.70. The molecule has 0 radical (unpaired) electrons. The number of hydrogen-bond acceptors (Lipinski definition) is 4. The van der Waals surface area contributed by atoms with Crippen LogP contribution in [0.4, 0.5) is 0 Å². The highest BCUT2D eigenvalue weighted by molar-refractivity contribution is 8.00. The Hall–Kier alpha value is -0.970. The molecule has 18 heavy (non-hydrogen) atoms. The molecule has 0 spiro atoms. The molecule has 1 saturated heterocycles. The molecule has 1 aliphatic heterocycles. The van der Waals surface area contributed by atoms with Gasteiger partial charge < -0.3 is 14.8 Å². The molecule has 1 fully saturated rings. The van der Waals surface area contributed by atoms with Crippen molar-refractivity contribution in [2.24, 2.45) is 5.92 Å². The highest BCUT2D eigenvalue weighted by Crippen LogP contribution is 2.33. The SMILES string of the molecule is CC(C)=CC(=O)N1[C@H](CC(C)C)SC[C@H]1C(=O)[O-]. The van der Waals surface area contributed by atoms with Gasteiger partial charge in [0.1, 0.15) is 0 Å². The van der Waals surface area contributed by atoms with Crippen molar-refractivity contribution in [3.05, 3.63) is 11.6 Å². The lowest BCUT2D eigenvalue weighted by molar-refractivity contribution is -0.310. The fourth-order valence-corrected chi connectivity index (χ4v) is 3.58. The third kappa shape index (κ3) is 3.77. The summed E-state index contributed by atoms with van der Waals surface area (Å²) in [7, 11) is 0. The van der Waals surface area contributed by atoms with Crippen LogP contribution in [0.15, 0.2) is 11.6 Å². The first-order valence-corrected chi connectivity index (χ1v) is 7.17. The van der Waals surface area contributed by atoms with E-state index in [1.54, 1.807) is 0 Å². The number of carbonyl (C=O) groups excluding carboxylic acids is 2. The summed E-state index contributed by atoms with van der Waals surface area (Å²) < 4.78 is 0. The summed E-state index contributed by atoms with van der Waals surface area (Å²) in [6.45, 7) is 7.78. The summed E-state index contributed by atoms with van der Waals surface area (Å²) in [6, 6.07) is -0.804. The molecule has 4 nitrogen and oxygen atoms in total. The van der Waals surface area contributed by atoms with Crippen molar-refractivity contribution in [1.29, 1.82) is 0 Å². The number of nitrogens with zero attached hydrogens (tertiary/aromatic N) is 1. The van der Waals surface area contributed by atoms with Gasteiger partial charge in [0.15, 0.2) is 0 Å². The molecule has 102 valence electrons. The van der Waals surface area contributed by atoms with Crippen LogP contribution in [0.2, 0.25) is 0 Å². The van der Waals surface area contributed by atoms with E-state index in [0.29, 0.717) is 11.7 Å². The number of carboxylic acids is 1. The summed E-state index contributed by atoms with van der Waals surface area (Å²) in [5.41, 5.74) is 0.872. The van der Waals surface area contributed by atoms with Crippen molar-refractivity contribution >= 4 is 23.6 Å². The number of carbonyl (C=O) groups is 2. The highest BCUT2D eigenvalue weighted by atomic mass is 32.2. The van der Waals surface area contributed by atoms with Crippen LogP contribution < -0.4 is 5.11 Å². The fraction of sp³-hybridized carbons (Fsp3) is 0.692. The first-order chi connectivity index (χ1) is 8.32. The Bertz CT molecular complexity index is 361. The van der Waals surface area contributed by atoms with Crippen molar-refractivity contribution in [1.82, 2.24) is 4.90 Å². The molecular formula is C13H20NO3S-. The first kappa shape index (κ1) is 15.1. The number of rotatable bonds is 4. The Morgan fingerprint density at radius 2 is 2.06 bits per heavy atom. The van der Waals surface area contributed by atoms with Crippen LogP contribution in [0, 0.1) is 5.92 Å². The summed E-state index contributed by atoms with van der Waals surface area (Å²) in [4.78, 5) is 24.7. The van der Waals surface area contributed by atoms with Gasteiger partial charge in [-0.15, -0.1) is 11.8 Å². The Morgan fingerprint density at radius 3 is 2.50 bits per heavy atom. The minimum Gasteiger partial charge on any atom is -0.548 e. The molecule has 0 aliphatic carbocycles. The van der Waals surface area contributed by atoms with Crippen molar-refractivity contribution in [2.75, 3.05) is 5.75 Å². The molecule has 0 aromatic rings. The Balaban J connectivity index is 2.91. The van der Waals surface area contributed by atoms with Gasteiger partial charge in [-0.1, -0.05) is 19.4 Å². The molecule has 0 aromatic carbocycles. The maximum absolute atomic E-state index is 12.1. The van der Waals surface area contributed by atoms with Gasteiger partial charge in [0.2, 0.25) is 5.91 Å². The summed E-state index contributed by atoms with van der Waals surface area (Å²) >= 11 is 1.53. The van der Waals surface area contributed by atoms with Crippen molar-refractivity contribution in [2.45, 2.75) is 45.5 Å². The minimum atomic E-state index is -1.16. The average Bonchev–Trinajstić information content (AvgIpc) is 2.59. The van der Waals surface area contributed by atoms with Crippen LogP contribution in [0.5, 0.6) is 0 Å². The van der Waals surface area contributed by atoms with Crippen molar-refractivity contribution < 1.29 is 14.7 Å². The van der Waals surface area contributed by atoms with Crippen molar-refractivity contribution in [3.63, 3.8) is 0 Å². The summed E-state index contributed by atoms with van der Waals surface area (Å²) in [5, 5.41) is 11.0. The van der Waals surface area contributed by atoms with Gasteiger partial charge in [-0.2, -0.15) is 0 Å². The molecular weight excluding hydrogens is 250 g/mol. The molecule has 1 heterocycles. The smallest absolute Gasteiger partial charge is 0.247 e. The zero-order chi connectivity index (χ0) is 13.9. The van der Waals surface area contributed by atoms with Gasteiger partial charge in [0, 0.05) is 11.8 Å². The van der Waals surface area contributed by atoms with E-state index in [2.05, 4.69) is 13.8 Å². The first-order valence-electron chi connectivity index (χ1n) is 6.12. The second-order valence-electron chi connectivity index (χ2n) is 5.22. The van der Waals surface area contributed by atoms with Crippen LogP contribution >= 0.6 is 11.8 Å². The van der Waals surface area contributed by atoms with Crippen LogP contribution in [0.3, 0.4) is 0 Å². The zero-order valence-corrected chi connectivity index (χ0v) is 12.1. The van der Waals surface area contributed by atoms with Crippen LogP contribution in [0.25, 0.3) is 0 Å². The zero-order valence-electron chi connectivity index (χ0n) is 11.3. The van der Waals surface area contributed by atoms with Gasteiger partial charge in [-0.25, -0.2) is 0 Å². The van der Waals surface area contributed by atoms with Gasteiger partial charge >= 0.3 is 0 Å². The van der Waals surface area contributed by atoms with Gasteiger partial charge in [0.25, 0.3) is 0 Å². The number of aliphatic carboxylic acids is 1. The molecule has 1 aliphatic rings. The van der Waals surface area contributed by atoms with Gasteiger partial charge in [0.05, 0.1) is 17.4 Å². The third-order valence-corrected chi connectivity index (χ3v) is 4.02. The van der Waals surface area contributed by atoms with E-state index >= 15 is 0 Å². The number of amides is 1. The van der Waals surface area contributed by atoms with E-state index < -0.39 is 12.0 Å². The monoisotopic (exact) mass is 270 g/mol. The fourth-order valence-electron chi connectivity index (χ4n) is 1.95. The van der Waals surface area contributed by atoms with E-state index in [-0.39, 0.29) is 11.3 Å². The topological polar surface area (TPSA) is 60.4 Å². The van der Waals surface area contributed by atoms with E-state index in [0.717, 1.165) is 12.0 Å². The molecule has 0 unspecified atom stereocenters. The number of allylic oxidation sites excluding steroid dienone is 1. The largest absolute Gasteiger partial charge is 0.548 e. The van der Waals surface area contributed by atoms with Crippen LogP contribution in [0.1, 0.15) is 34.1 Å². The molecule has 0 aromatic heterocycles. The summed E-state index contributed by atoms with van der Waals surface area (Å²) in [5.74, 6) is -0.545. The van der Waals surface area contributed by atoms with Crippen LogP contribution in [-0.2, 0) is 9.59 Å². The second-order valence-corrected chi connectivity index (χ2v) is 6.43. The Labute approximate surface area is 112 Å². The van der Waals surface area contributed by atoms with E-state index in [4.69, 9.17) is 0 Å². The lowest BCUT2D eigenvalue weighted by Gasteiger charge is -2.30. The Morgan fingerprint density at radius 1 is 1.44 bits per heavy atom. The van der Waals surface area contributed by atoms with Crippen molar-refractivity contribution in [3.8, 4) is 0 Å². The minimum absolute atomic E-state index is 0.0593. The standard InChI is InChI=1S/C13H21NO3S/c1-8(2)5-11(15)14-10(13(16)17)7-18-12(14)6-9(3)4/h5,9-10,12H,6-7H2,1-4H3,(H,16,17)/p-1/t10-,12-/m0/s1. The predicted molar refractivity (Wildman–Crippen MR) is 70.8 cm³/mol. The van der Waals surface area contributed by atoms with E-state index in [1.165, 1.54) is 22.7 Å². The van der Waals surface area contributed by atoms with Gasteiger partial charge in [-0.3, -0.25) is 4.79 Å². The lowest BCUT2D eigenvalue weighted by atomic mass is 10.1.